The van der Waals surface area contributed by atoms with Gasteiger partial charge in [0.25, 0.3) is 10.0 Å². The highest BCUT2D eigenvalue weighted by Crippen LogP contribution is 2.33. The number of likely N-dealkylation sites (N-methyl/N-ethyl adjacent to an activating group) is 1. The molecule has 0 saturated carbocycles. The molecule has 0 saturated heterocycles. The first-order valence-corrected chi connectivity index (χ1v) is 15.1. The van der Waals surface area contributed by atoms with Crippen LogP contribution in [0.4, 0.5) is 5.69 Å². The molecule has 0 aliphatic carbocycles. The summed E-state index contributed by atoms with van der Waals surface area (Å²) >= 11 is 12.8. The third-order valence-corrected chi connectivity index (χ3v) is 8.87. The fourth-order valence-electron chi connectivity index (χ4n) is 4.29. The lowest BCUT2D eigenvalue weighted by atomic mass is 10.1. The van der Waals surface area contributed by atoms with Gasteiger partial charge in [0.05, 0.1) is 24.8 Å². The molecule has 0 aliphatic heterocycles. The van der Waals surface area contributed by atoms with Crippen LogP contribution in [0.1, 0.15) is 25.8 Å². The molecule has 220 valence electrons. The second kappa shape index (κ2) is 14.4. The third-order valence-electron chi connectivity index (χ3n) is 6.39. The highest BCUT2D eigenvalue weighted by Gasteiger charge is 2.34. The molecule has 0 aliphatic rings. The van der Waals surface area contributed by atoms with Crippen LogP contribution >= 0.6 is 23.2 Å². The Kier molecular flexibility index (Phi) is 11.3. The van der Waals surface area contributed by atoms with Crippen molar-refractivity contribution in [1.82, 2.24) is 10.2 Å². The summed E-state index contributed by atoms with van der Waals surface area (Å²) in [7, 11) is -1.45. The van der Waals surface area contributed by atoms with E-state index >= 15 is 0 Å². The summed E-state index contributed by atoms with van der Waals surface area (Å²) in [4.78, 5) is 28.3. The SMILES string of the molecule is CCNC(=O)C(CC)N(Cc1c(Cl)cccc1Cl)C(=O)CN(c1ccccc1)S(=O)(=O)c1ccc(OC)c(OC)c1. The van der Waals surface area contributed by atoms with Crippen molar-refractivity contribution in [1.29, 1.82) is 0 Å². The van der Waals surface area contributed by atoms with E-state index in [1.807, 2.05) is 0 Å². The van der Waals surface area contributed by atoms with E-state index in [0.29, 0.717) is 27.9 Å². The molecule has 0 fully saturated rings. The Balaban J connectivity index is 2.11. The Morgan fingerprint density at radius 2 is 1.54 bits per heavy atom. The minimum Gasteiger partial charge on any atom is -0.493 e. The zero-order valence-electron chi connectivity index (χ0n) is 23.3. The Labute approximate surface area is 251 Å². The smallest absolute Gasteiger partial charge is 0.264 e. The van der Waals surface area contributed by atoms with Gasteiger partial charge in [-0.1, -0.05) is 54.4 Å². The van der Waals surface area contributed by atoms with Gasteiger partial charge in [0.1, 0.15) is 12.6 Å². The molecular weight excluding hydrogens is 589 g/mol. The number of nitrogens with one attached hydrogen (secondary N) is 1. The molecule has 41 heavy (non-hydrogen) atoms. The van der Waals surface area contributed by atoms with Crippen LogP contribution in [0.25, 0.3) is 0 Å². The minimum atomic E-state index is -4.29. The van der Waals surface area contributed by atoms with Gasteiger partial charge in [0.15, 0.2) is 11.5 Å². The van der Waals surface area contributed by atoms with E-state index in [4.69, 9.17) is 32.7 Å². The normalized spacial score (nSPS) is 11.9. The maximum absolute atomic E-state index is 14.1. The molecule has 0 heterocycles. The number of amides is 2. The first-order chi connectivity index (χ1) is 19.6. The largest absolute Gasteiger partial charge is 0.493 e. The lowest BCUT2D eigenvalue weighted by Gasteiger charge is -2.33. The van der Waals surface area contributed by atoms with Crippen LogP contribution in [0, 0.1) is 0 Å². The number of para-hydroxylation sites is 1. The molecule has 1 unspecified atom stereocenters. The van der Waals surface area contributed by atoms with Gasteiger partial charge >= 0.3 is 0 Å². The molecule has 0 spiro atoms. The van der Waals surface area contributed by atoms with E-state index in [1.54, 1.807) is 62.4 Å². The van der Waals surface area contributed by atoms with Gasteiger partial charge in [-0.3, -0.25) is 13.9 Å². The maximum Gasteiger partial charge on any atom is 0.264 e. The molecule has 1 N–H and O–H groups in total. The third kappa shape index (κ3) is 7.44. The molecule has 0 aromatic heterocycles. The van der Waals surface area contributed by atoms with Crippen LogP contribution in [0.5, 0.6) is 11.5 Å². The second-order valence-corrected chi connectivity index (χ2v) is 11.6. The van der Waals surface area contributed by atoms with Crippen LogP contribution in [0.15, 0.2) is 71.6 Å². The highest BCUT2D eigenvalue weighted by atomic mass is 35.5. The molecule has 0 radical (unpaired) electrons. The van der Waals surface area contributed by atoms with Crippen molar-refractivity contribution < 1.29 is 27.5 Å². The molecule has 3 rings (SSSR count). The van der Waals surface area contributed by atoms with Crippen molar-refractivity contribution in [3.8, 4) is 11.5 Å². The van der Waals surface area contributed by atoms with Crippen LogP contribution in [0.3, 0.4) is 0 Å². The van der Waals surface area contributed by atoms with Crippen molar-refractivity contribution in [2.45, 2.75) is 37.8 Å². The molecule has 0 bridgehead atoms. The predicted molar refractivity (Wildman–Crippen MR) is 160 cm³/mol. The summed E-state index contributed by atoms with van der Waals surface area (Å²) in [6.45, 7) is 3.19. The number of benzene rings is 3. The van der Waals surface area contributed by atoms with E-state index in [2.05, 4.69) is 5.32 Å². The van der Waals surface area contributed by atoms with Crippen molar-refractivity contribution in [2.75, 3.05) is 31.6 Å². The summed E-state index contributed by atoms with van der Waals surface area (Å²) in [6.07, 6.45) is 0.271. The van der Waals surface area contributed by atoms with Gasteiger partial charge < -0.3 is 19.7 Å². The number of rotatable bonds is 13. The number of nitrogens with zero attached hydrogens (tertiary/aromatic N) is 2. The zero-order valence-corrected chi connectivity index (χ0v) is 25.6. The Morgan fingerprint density at radius 1 is 0.902 bits per heavy atom. The van der Waals surface area contributed by atoms with Crippen molar-refractivity contribution >= 4 is 50.7 Å². The summed E-state index contributed by atoms with van der Waals surface area (Å²) in [5, 5.41) is 3.39. The van der Waals surface area contributed by atoms with E-state index in [-0.39, 0.29) is 35.2 Å². The van der Waals surface area contributed by atoms with Crippen molar-refractivity contribution in [3.05, 3.63) is 82.3 Å². The standard InChI is InChI=1S/C29H33Cl2N3O6S/c1-5-25(29(36)32-6-2)33(18-22-23(30)13-10-14-24(22)31)28(35)19-34(20-11-8-7-9-12-20)41(37,38)21-15-16-26(39-3)27(17-21)40-4/h7-17,25H,5-6,18-19H2,1-4H3,(H,32,36). The summed E-state index contributed by atoms with van der Waals surface area (Å²) < 4.78 is 39.6. The van der Waals surface area contributed by atoms with Crippen molar-refractivity contribution in [3.63, 3.8) is 0 Å². The maximum atomic E-state index is 14.1. The van der Waals surface area contributed by atoms with Gasteiger partial charge in [0, 0.05) is 34.8 Å². The summed E-state index contributed by atoms with van der Waals surface area (Å²) in [6, 6.07) is 16.5. The van der Waals surface area contributed by atoms with Crippen LogP contribution in [-0.4, -0.2) is 58.5 Å². The number of sulfonamides is 1. The Hall–Kier alpha value is -3.47. The lowest BCUT2D eigenvalue weighted by molar-refractivity contribution is -0.140. The quantitative estimate of drug-likeness (QED) is 0.283. The number of anilines is 1. The van der Waals surface area contributed by atoms with Gasteiger partial charge in [-0.25, -0.2) is 8.42 Å². The number of halogens is 2. The molecule has 12 heteroatoms. The van der Waals surface area contributed by atoms with Gasteiger partial charge in [-0.05, 0) is 49.7 Å². The highest BCUT2D eigenvalue weighted by molar-refractivity contribution is 7.92. The number of hydrogen-bond acceptors (Lipinski definition) is 6. The van der Waals surface area contributed by atoms with Gasteiger partial charge in [-0.2, -0.15) is 0 Å². The second-order valence-electron chi connectivity index (χ2n) is 8.90. The number of hydrogen-bond donors (Lipinski definition) is 1. The van der Waals surface area contributed by atoms with E-state index in [1.165, 1.54) is 37.3 Å². The summed E-state index contributed by atoms with van der Waals surface area (Å²) in [5.41, 5.74) is 0.707. The molecule has 3 aromatic rings. The summed E-state index contributed by atoms with van der Waals surface area (Å²) in [5.74, 6) is -0.429. The van der Waals surface area contributed by atoms with E-state index in [0.717, 1.165) is 4.31 Å². The average Bonchev–Trinajstić information content (AvgIpc) is 2.97. The van der Waals surface area contributed by atoms with Gasteiger partial charge in [-0.15, -0.1) is 0 Å². The molecule has 1 atom stereocenters. The van der Waals surface area contributed by atoms with Crippen LogP contribution in [-0.2, 0) is 26.2 Å². The first-order valence-electron chi connectivity index (χ1n) is 12.9. The van der Waals surface area contributed by atoms with Crippen LogP contribution in [0.2, 0.25) is 10.0 Å². The fraction of sp³-hybridized carbons (Fsp3) is 0.310. The Bertz CT molecular complexity index is 1450. The number of carbonyl (C=O) groups is 2. The average molecular weight is 623 g/mol. The molecular formula is C29H33Cl2N3O6S. The Morgan fingerprint density at radius 3 is 2.10 bits per heavy atom. The topological polar surface area (TPSA) is 105 Å². The fourth-order valence-corrected chi connectivity index (χ4v) is 6.24. The van der Waals surface area contributed by atoms with E-state index < -0.39 is 28.5 Å². The lowest BCUT2D eigenvalue weighted by Crippen LogP contribution is -2.52. The monoisotopic (exact) mass is 621 g/mol. The van der Waals surface area contributed by atoms with Crippen LogP contribution < -0.4 is 19.1 Å². The molecule has 2 amide bonds. The zero-order chi connectivity index (χ0) is 30.2. The van der Waals surface area contributed by atoms with Crippen molar-refractivity contribution in [2.24, 2.45) is 0 Å². The predicted octanol–water partition coefficient (Wildman–Crippen LogP) is 5.15. The minimum absolute atomic E-state index is 0.105. The van der Waals surface area contributed by atoms with Gasteiger partial charge in [0.2, 0.25) is 11.8 Å². The first kappa shape index (κ1) is 32.0. The molecule has 3 aromatic carbocycles. The van der Waals surface area contributed by atoms with E-state index in [9.17, 15) is 18.0 Å². The molecule has 9 nitrogen and oxygen atoms in total. The number of methoxy groups -OCH3 is 2. The number of ether oxygens (including phenoxy) is 2. The number of carbonyl (C=O) groups excluding carboxylic acids is 2.